The Balaban J connectivity index is 1.93. The Hall–Kier alpha value is -1.29. The summed E-state index contributed by atoms with van der Waals surface area (Å²) < 4.78 is 2.21. The van der Waals surface area contributed by atoms with E-state index in [1.54, 1.807) is 0 Å². The quantitative estimate of drug-likeness (QED) is 0.847. The van der Waals surface area contributed by atoms with Crippen LogP contribution in [-0.2, 0) is 6.42 Å². The van der Waals surface area contributed by atoms with Crippen LogP contribution >= 0.6 is 11.8 Å². The third kappa shape index (κ3) is 2.68. The summed E-state index contributed by atoms with van der Waals surface area (Å²) in [7, 11) is 0. The minimum absolute atomic E-state index is 0.719. The number of hydrogen-bond acceptors (Lipinski definition) is 3. The summed E-state index contributed by atoms with van der Waals surface area (Å²) in [6.45, 7) is 2.13. The molecular formula is C15H19N3S. The van der Waals surface area contributed by atoms with Gasteiger partial charge in [-0.15, -0.1) is 10.2 Å². The van der Waals surface area contributed by atoms with Gasteiger partial charge in [0, 0.05) is 17.4 Å². The molecule has 0 atom stereocenters. The van der Waals surface area contributed by atoms with E-state index in [0.717, 1.165) is 22.7 Å². The molecule has 0 saturated heterocycles. The summed E-state index contributed by atoms with van der Waals surface area (Å²) in [5.74, 6) is 1.05. The van der Waals surface area contributed by atoms with E-state index in [1.165, 1.54) is 31.4 Å². The van der Waals surface area contributed by atoms with Crippen LogP contribution in [0.5, 0.6) is 0 Å². The van der Waals surface area contributed by atoms with E-state index < -0.39 is 0 Å². The van der Waals surface area contributed by atoms with E-state index in [2.05, 4.69) is 46.0 Å². The van der Waals surface area contributed by atoms with Gasteiger partial charge in [-0.1, -0.05) is 49.7 Å². The van der Waals surface area contributed by atoms with E-state index >= 15 is 0 Å². The highest BCUT2D eigenvalue weighted by atomic mass is 32.2. The van der Waals surface area contributed by atoms with Gasteiger partial charge < -0.3 is 0 Å². The maximum absolute atomic E-state index is 4.40. The van der Waals surface area contributed by atoms with Crippen molar-refractivity contribution < 1.29 is 0 Å². The van der Waals surface area contributed by atoms with Crippen LogP contribution in [0.1, 0.15) is 38.4 Å². The average Bonchev–Trinajstić information content (AvgIpc) is 3.09. The molecule has 0 radical (unpaired) electrons. The number of hydrogen-bond donors (Lipinski definition) is 0. The lowest BCUT2D eigenvalue weighted by Crippen LogP contribution is -2.04. The molecule has 0 spiro atoms. The van der Waals surface area contributed by atoms with E-state index in [9.17, 15) is 0 Å². The second kappa shape index (κ2) is 5.78. The number of aryl methyl sites for hydroxylation is 1. The van der Waals surface area contributed by atoms with E-state index in [-0.39, 0.29) is 0 Å². The van der Waals surface area contributed by atoms with Gasteiger partial charge in [0.2, 0.25) is 0 Å². The van der Waals surface area contributed by atoms with Crippen molar-refractivity contribution in [3.63, 3.8) is 0 Å². The SMILES string of the molecule is CCc1nnc(SC2CCCC2)n1-c1ccccc1. The molecule has 1 aliphatic carbocycles. The predicted molar refractivity (Wildman–Crippen MR) is 78.9 cm³/mol. The molecule has 1 saturated carbocycles. The Morgan fingerprint density at radius 3 is 2.58 bits per heavy atom. The molecule has 2 aromatic rings. The summed E-state index contributed by atoms with van der Waals surface area (Å²) in [6, 6.07) is 10.4. The maximum Gasteiger partial charge on any atom is 0.196 e. The standard InChI is InChI=1S/C15H19N3S/c1-2-14-16-17-15(19-13-10-6-7-11-13)18(14)12-8-4-3-5-9-12/h3-5,8-9,13H,2,6-7,10-11H2,1H3. The molecule has 1 aromatic heterocycles. The largest absolute Gasteiger partial charge is 0.274 e. The molecule has 0 unspecified atom stereocenters. The Kier molecular flexibility index (Phi) is 3.87. The number of thioether (sulfide) groups is 1. The first-order valence-electron chi connectivity index (χ1n) is 7.05. The molecule has 0 bridgehead atoms. The van der Waals surface area contributed by atoms with Crippen LogP contribution in [-0.4, -0.2) is 20.0 Å². The van der Waals surface area contributed by atoms with Crippen LogP contribution in [0.3, 0.4) is 0 Å². The lowest BCUT2D eigenvalue weighted by Gasteiger charge is -2.11. The molecule has 1 aromatic carbocycles. The minimum atomic E-state index is 0.719. The van der Waals surface area contributed by atoms with Gasteiger partial charge in [0.1, 0.15) is 5.82 Å². The van der Waals surface area contributed by atoms with Crippen LogP contribution in [0, 0.1) is 0 Å². The zero-order chi connectivity index (χ0) is 13.1. The highest BCUT2D eigenvalue weighted by molar-refractivity contribution is 7.99. The van der Waals surface area contributed by atoms with Crippen molar-refractivity contribution in [2.24, 2.45) is 0 Å². The first-order valence-corrected chi connectivity index (χ1v) is 7.93. The van der Waals surface area contributed by atoms with Crippen molar-refractivity contribution in [2.75, 3.05) is 0 Å². The molecule has 0 N–H and O–H groups in total. The molecule has 0 amide bonds. The summed E-state index contributed by atoms with van der Waals surface area (Å²) in [6.07, 6.45) is 6.25. The minimum Gasteiger partial charge on any atom is -0.274 e. The van der Waals surface area contributed by atoms with Gasteiger partial charge in [0.05, 0.1) is 0 Å². The highest BCUT2D eigenvalue weighted by Gasteiger charge is 2.21. The van der Waals surface area contributed by atoms with Crippen LogP contribution in [0.15, 0.2) is 35.5 Å². The van der Waals surface area contributed by atoms with Gasteiger partial charge in [-0.05, 0) is 25.0 Å². The fourth-order valence-electron chi connectivity index (χ4n) is 2.60. The van der Waals surface area contributed by atoms with E-state index in [0.29, 0.717) is 0 Å². The first kappa shape index (κ1) is 12.7. The highest BCUT2D eigenvalue weighted by Crippen LogP contribution is 2.35. The maximum atomic E-state index is 4.40. The number of aromatic nitrogens is 3. The number of nitrogens with zero attached hydrogens (tertiary/aromatic N) is 3. The van der Waals surface area contributed by atoms with Gasteiger partial charge in [-0.25, -0.2) is 0 Å². The number of rotatable bonds is 4. The second-order valence-corrected chi connectivity index (χ2v) is 6.22. The zero-order valence-corrected chi connectivity index (χ0v) is 12.1. The second-order valence-electron chi connectivity index (χ2n) is 4.95. The van der Waals surface area contributed by atoms with Crippen LogP contribution in [0.2, 0.25) is 0 Å². The van der Waals surface area contributed by atoms with Crippen molar-refractivity contribution in [3.05, 3.63) is 36.2 Å². The number of benzene rings is 1. The Morgan fingerprint density at radius 2 is 1.89 bits per heavy atom. The van der Waals surface area contributed by atoms with Crippen LogP contribution in [0.25, 0.3) is 5.69 Å². The van der Waals surface area contributed by atoms with E-state index in [4.69, 9.17) is 0 Å². The van der Waals surface area contributed by atoms with Crippen molar-refractivity contribution >= 4 is 11.8 Å². The van der Waals surface area contributed by atoms with Crippen molar-refractivity contribution in [1.29, 1.82) is 0 Å². The smallest absolute Gasteiger partial charge is 0.196 e. The monoisotopic (exact) mass is 273 g/mol. The van der Waals surface area contributed by atoms with Gasteiger partial charge in [0.25, 0.3) is 0 Å². The lowest BCUT2D eigenvalue weighted by atomic mass is 10.3. The topological polar surface area (TPSA) is 30.7 Å². The summed E-state index contributed by atoms with van der Waals surface area (Å²) in [5.41, 5.74) is 1.17. The Morgan fingerprint density at radius 1 is 1.16 bits per heavy atom. The van der Waals surface area contributed by atoms with Crippen LogP contribution in [0.4, 0.5) is 0 Å². The predicted octanol–water partition coefficient (Wildman–Crippen LogP) is 3.86. The Labute approximate surface area is 118 Å². The van der Waals surface area contributed by atoms with E-state index in [1.807, 2.05) is 17.8 Å². The molecule has 1 fully saturated rings. The fourth-order valence-corrected chi connectivity index (χ4v) is 3.87. The Bertz CT molecular complexity index is 530. The number of para-hydroxylation sites is 1. The molecule has 3 nitrogen and oxygen atoms in total. The van der Waals surface area contributed by atoms with Crippen molar-refractivity contribution in [3.8, 4) is 5.69 Å². The average molecular weight is 273 g/mol. The first-order chi connectivity index (χ1) is 9.38. The summed E-state index contributed by atoms with van der Waals surface area (Å²) in [4.78, 5) is 0. The molecule has 0 aliphatic heterocycles. The molecule has 4 heteroatoms. The lowest BCUT2D eigenvalue weighted by molar-refractivity contribution is 0.823. The zero-order valence-electron chi connectivity index (χ0n) is 11.2. The third-order valence-electron chi connectivity index (χ3n) is 3.61. The molecular weight excluding hydrogens is 254 g/mol. The molecule has 100 valence electrons. The van der Waals surface area contributed by atoms with Crippen molar-refractivity contribution in [2.45, 2.75) is 49.4 Å². The third-order valence-corrected chi connectivity index (χ3v) is 4.89. The molecule has 19 heavy (non-hydrogen) atoms. The van der Waals surface area contributed by atoms with Crippen LogP contribution < -0.4 is 0 Å². The van der Waals surface area contributed by atoms with Gasteiger partial charge in [-0.2, -0.15) is 0 Å². The fraction of sp³-hybridized carbons (Fsp3) is 0.467. The van der Waals surface area contributed by atoms with Gasteiger partial charge in [-0.3, -0.25) is 4.57 Å². The molecule has 1 aliphatic rings. The summed E-state index contributed by atoms with van der Waals surface area (Å²) >= 11 is 1.90. The summed E-state index contributed by atoms with van der Waals surface area (Å²) in [5, 5.41) is 10.5. The van der Waals surface area contributed by atoms with Crippen molar-refractivity contribution in [1.82, 2.24) is 14.8 Å². The van der Waals surface area contributed by atoms with Gasteiger partial charge >= 0.3 is 0 Å². The normalized spacial score (nSPS) is 16.1. The molecule has 1 heterocycles. The van der Waals surface area contributed by atoms with Gasteiger partial charge in [0.15, 0.2) is 5.16 Å². The molecule has 3 rings (SSSR count).